The number of nitrogens with zero attached hydrogens (tertiary/aromatic N) is 1. The summed E-state index contributed by atoms with van der Waals surface area (Å²) >= 11 is 0. The zero-order valence-electron chi connectivity index (χ0n) is 14.0. The van der Waals surface area contributed by atoms with Gasteiger partial charge < -0.3 is 15.4 Å². The molecule has 0 aliphatic carbocycles. The van der Waals surface area contributed by atoms with Crippen LogP contribution in [0.1, 0.15) is 40.3 Å². The van der Waals surface area contributed by atoms with Crippen molar-refractivity contribution in [2.45, 2.75) is 26.4 Å². The molecule has 0 radical (unpaired) electrons. The average molecular weight is 327 g/mol. The molecule has 0 bridgehead atoms. The topological polar surface area (TPSA) is 80.3 Å². The lowest BCUT2D eigenvalue weighted by Gasteiger charge is -2.09. The Morgan fingerprint density at radius 3 is 2.46 bits per heavy atom. The monoisotopic (exact) mass is 327 g/mol. The predicted octanol–water partition coefficient (Wildman–Crippen LogP) is 2.16. The number of carbonyl (C=O) groups excluding carboxylic acids is 2. The van der Waals surface area contributed by atoms with Gasteiger partial charge in [-0.3, -0.25) is 14.6 Å². The Hall–Kier alpha value is -2.89. The van der Waals surface area contributed by atoms with Gasteiger partial charge in [0.25, 0.3) is 11.8 Å². The Morgan fingerprint density at radius 2 is 1.83 bits per heavy atom. The van der Waals surface area contributed by atoms with Gasteiger partial charge in [-0.2, -0.15) is 0 Å². The molecule has 24 heavy (non-hydrogen) atoms. The molecule has 1 aromatic carbocycles. The summed E-state index contributed by atoms with van der Waals surface area (Å²) in [5.41, 5.74) is 1.57. The van der Waals surface area contributed by atoms with Crippen LogP contribution in [0.4, 0.5) is 0 Å². The molecular weight excluding hydrogens is 306 g/mol. The summed E-state index contributed by atoms with van der Waals surface area (Å²) in [6.07, 6.45) is 1.46. The second kappa shape index (κ2) is 8.10. The second-order valence-corrected chi connectivity index (χ2v) is 5.59. The molecule has 1 aromatic heterocycles. The van der Waals surface area contributed by atoms with Crippen LogP contribution in [0.5, 0.6) is 5.75 Å². The van der Waals surface area contributed by atoms with E-state index in [1.807, 2.05) is 38.1 Å². The molecule has 6 heteroatoms. The SMILES string of the molecule is COc1ccc(CNC(=O)c2ccnc(C(=O)NC(C)C)c2)cc1. The lowest BCUT2D eigenvalue weighted by Crippen LogP contribution is -2.31. The third-order valence-electron chi connectivity index (χ3n) is 3.29. The Labute approximate surface area is 141 Å². The third kappa shape index (κ3) is 4.81. The fourth-order valence-electron chi connectivity index (χ4n) is 2.06. The van der Waals surface area contributed by atoms with Gasteiger partial charge in [0, 0.05) is 24.3 Å². The van der Waals surface area contributed by atoms with Crippen LogP contribution >= 0.6 is 0 Å². The number of amides is 2. The van der Waals surface area contributed by atoms with Crippen molar-refractivity contribution in [1.82, 2.24) is 15.6 Å². The van der Waals surface area contributed by atoms with E-state index in [-0.39, 0.29) is 23.6 Å². The van der Waals surface area contributed by atoms with E-state index in [1.165, 1.54) is 12.3 Å². The van der Waals surface area contributed by atoms with E-state index in [4.69, 9.17) is 4.74 Å². The zero-order chi connectivity index (χ0) is 17.5. The van der Waals surface area contributed by atoms with E-state index in [1.54, 1.807) is 13.2 Å². The number of ether oxygens (including phenoxy) is 1. The van der Waals surface area contributed by atoms with Gasteiger partial charge in [0.05, 0.1) is 7.11 Å². The number of hydrogen-bond donors (Lipinski definition) is 2. The first-order chi connectivity index (χ1) is 11.5. The minimum absolute atomic E-state index is 0.00635. The number of carbonyl (C=O) groups is 2. The minimum Gasteiger partial charge on any atom is -0.497 e. The van der Waals surface area contributed by atoms with E-state index in [0.717, 1.165) is 11.3 Å². The van der Waals surface area contributed by atoms with E-state index in [0.29, 0.717) is 12.1 Å². The smallest absolute Gasteiger partial charge is 0.270 e. The molecule has 2 amide bonds. The summed E-state index contributed by atoms with van der Waals surface area (Å²) in [4.78, 5) is 28.2. The molecule has 0 aliphatic heterocycles. The molecule has 0 fully saturated rings. The van der Waals surface area contributed by atoms with Crippen molar-refractivity contribution < 1.29 is 14.3 Å². The number of methoxy groups -OCH3 is 1. The predicted molar refractivity (Wildman–Crippen MR) is 91.0 cm³/mol. The van der Waals surface area contributed by atoms with Crippen LogP contribution in [0.25, 0.3) is 0 Å². The van der Waals surface area contributed by atoms with E-state index >= 15 is 0 Å². The largest absolute Gasteiger partial charge is 0.497 e. The van der Waals surface area contributed by atoms with Crippen molar-refractivity contribution in [3.05, 3.63) is 59.4 Å². The molecular formula is C18H21N3O3. The number of aromatic nitrogens is 1. The number of hydrogen-bond acceptors (Lipinski definition) is 4. The maximum absolute atomic E-state index is 12.2. The van der Waals surface area contributed by atoms with Gasteiger partial charge in [-0.15, -0.1) is 0 Å². The second-order valence-electron chi connectivity index (χ2n) is 5.59. The van der Waals surface area contributed by atoms with Gasteiger partial charge >= 0.3 is 0 Å². The number of benzene rings is 1. The highest BCUT2D eigenvalue weighted by Gasteiger charge is 2.12. The number of rotatable bonds is 6. The van der Waals surface area contributed by atoms with Crippen LogP contribution in [0.2, 0.25) is 0 Å². The molecule has 1 heterocycles. The van der Waals surface area contributed by atoms with Gasteiger partial charge in [-0.25, -0.2) is 0 Å². The molecule has 0 saturated carbocycles. The van der Waals surface area contributed by atoms with E-state index in [2.05, 4.69) is 15.6 Å². The van der Waals surface area contributed by atoms with Crippen LogP contribution in [0.15, 0.2) is 42.6 Å². The van der Waals surface area contributed by atoms with Crippen LogP contribution in [0.3, 0.4) is 0 Å². The summed E-state index contributed by atoms with van der Waals surface area (Å²) in [6, 6.07) is 10.5. The third-order valence-corrected chi connectivity index (χ3v) is 3.29. The maximum Gasteiger partial charge on any atom is 0.270 e. The summed E-state index contributed by atoms with van der Waals surface area (Å²) in [6.45, 7) is 4.12. The summed E-state index contributed by atoms with van der Waals surface area (Å²) in [7, 11) is 1.60. The van der Waals surface area contributed by atoms with Crippen LogP contribution in [0, 0.1) is 0 Å². The van der Waals surface area contributed by atoms with Crippen LogP contribution in [-0.2, 0) is 6.54 Å². The quantitative estimate of drug-likeness (QED) is 0.852. The van der Waals surface area contributed by atoms with Gasteiger partial charge in [0.2, 0.25) is 0 Å². The summed E-state index contributed by atoms with van der Waals surface area (Å²) in [5.74, 6) is 0.210. The standard InChI is InChI=1S/C18H21N3O3/c1-12(2)21-18(23)16-10-14(8-9-19-16)17(22)20-11-13-4-6-15(24-3)7-5-13/h4-10,12H,11H2,1-3H3,(H,20,22)(H,21,23). The molecule has 126 valence electrons. The Kier molecular flexibility index (Phi) is 5.89. The lowest BCUT2D eigenvalue weighted by molar-refractivity contribution is 0.0938. The first kappa shape index (κ1) is 17.5. The molecule has 0 atom stereocenters. The molecule has 0 aliphatic rings. The molecule has 0 spiro atoms. The van der Waals surface area contributed by atoms with E-state index in [9.17, 15) is 9.59 Å². The highest BCUT2D eigenvalue weighted by atomic mass is 16.5. The normalized spacial score (nSPS) is 10.3. The first-order valence-corrected chi connectivity index (χ1v) is 7.67. The molecule has 0 unspecified atom stereocenters. The Bertz CT molecular complexity index is 712. The minimum atomic E-state index is -0.296. The average Bonchev–Trinajstić information content (AvgIpc) is 2.59. The van der Waals surface area contributed by atoms with Gasteiger partial charge in [-0.1, -0.05) is 12.1 Å². The highest BCUT2D eigenvalue weighted by molar-refractivity contribution is 5.98. The summed E-state index contributed by atoms with van der Waals surface area (Å²) in [5, 5.41) is 5.57. The zero-order valence-corrected chi connectivity index (χ0v) is 14.0. The molecule has 2 N–H and O–H groups in total. The van der Waals surface area contributed by atoms with Crippen molar-refractivity contribution in [1.29, 1.82) is 0 Å². The molecule has 2 rings (SSSR count). The maximum atomic E-state index is 12.2. The summed E-state index contributed by atoms with van der Waals surface area (Å²) < 4.78 is 5.09. The van der Waals surface area contributed by atoms with Crippen LogP contribution < -0.4 is 15.4 Å². The van der Waals surface area contributed by atoms with Gasteiger partial charge in [-0.05, 0) is 43.7 Å². The number of pyridine rings is 1. The Morgan fingerprint density at radius 1 is 1.12 bits per heavy atom. The molecule has 2 aromatic rings. The van der Waals surface area contributed by atoms with Crippen molar-refractivity contribution in [3.63, 3.8) is 0 Å². The fourth-order valence-corrected chi connectivity index (χ4v) is 2.06. The van der Waals surface area contributed by atoms with Gasteiger partial charge in [0.1, 0.15) is 11.4 Å². The van der Waals surface area contributed by atoms with Crippen molar-refractivity contribution in [2.75, 3.05) is 7.11 Å². The lowest BCUT2D eigenvalue weighted by atomic mass is 10.2. The van der Waals surface area contributed by atoms with Crippen LogP contribution in [-0.4, -0.2) is 29.9 Å². The molecule has 0 saturated heterocycles. The van der Waals surface area contributed by atoms with E-state index < -0.39 is 0 Å². The molecule has 6 nitrogen and oxygen atoms in total. The van der Waals surface area contributed by atoms with Crippen molar-refractivity contribution in [2.24, 2.45) is 0 Å². The fraction of sp³-hybridized carbons (Fsp3) is 0.278. The van der Waals surface area contributed by atoms with Crippen molar-refractivity contribution >= 4 is 11.8 Å². The highest BCUT2D eigenvalue weighted by Crippen LogP contribution is 2.11. The Balaban J connectivity index is 2.00. The van der Waals surface area contributed by atoms with Crippen molar-refractivity contribution in [3.8, 4) is 5.75 Å². The van der Waals surface area contributed by atoms with Gasteiger partial charge in [0.15, 0.2) is 0 Å². The number of nitrogens with one attached hydrogen (secondary N) is 2. The first-order valence-electron chi connectivity index (χ1n) is 7.67.